The van der Waals surface area contributed by atoms with E-state index < -0.39 is 6.10 Å². The third-order valence-corrected chi connectivity index (χ3v) is 7.59. The summed E-state index contributed by atoms with van der Waals surface area (Å²) in [6.07, 6.45) is 7.20. The maximum Gasteiger partial charge on any atom is 0.419 e. The van der Waals surface area contributed by atoms with E-state index in [1.165, 1.54) is 37.8 Å². The van der Waals surface area contributed by atoms with Crippen molar-refractivity contribution in [3.05, 3.63) is 80.9 Å². The van der Waals surface area contributed by atoms with Crippen LogP contribution in [0.2, 0.25) is 0 Å². The molecule has 4 N–H and O–H groups in total. The Labute approximate surface area is 220 Å². The number of aliphatic hydroxyl groups excluding tert-OH is 1. The Balaban J connectivity index is 1.18. The third kappa shape index (κ3) is 5.70. The molecular formula is C29H35N4O5. The van der Waals surface area contributed by atoms with Crippen molar-refractivity contribution in [2.45, 2.75) is 57.3 Å². The fraction of sp³-hybridized carbons (Fsp3) is 0.414. The molecule has 1 aliphatic carbocycles. The van der Waals surface area contributed by atoms with E-state index in [1.807, 2.05) is 18.2 Å². The normalized spacial score (nSPS) is 15.6. The smallest absolute Gasteiger partial charge is 0.419 e. The minimum atomic E-state index is -0.850. The van der Waals surface area contributed by atoms with E-state index >= 15 is 0 Å². The zero-order valence-electron chi connectivity index (χ0n) is 21.7. The number of H-pyrrole nitrogens is 1. The Kier molecular flexibility index (Phi) is 7.97. The molecule has 2 heterocycles. The van der Waals surface area contributed by atoms with Crippen molar-refractivity contribution in [3.8, 4) is 5.75 Å². The monoisotopic (exact) mass is 519 g/mol. The van der Waals surface area contributed by atoms with E-state index in [0.717, 1.165) is 24.0 Å². The molecule has 0 bridgehead atoms. The molecule has 2 aromatic heterocycles. The number of nitrogens with zero attached hydrogens (tertiary/aromatic N) is 2. The van der Waals surface area contributed by atoms with Gasteiger partial charge in [-0.2, -0.15) is 0 Å². The number of aromatic amines is 1. The average molecular weight is 520 g/mol. The second-order valence-corrected chi connectivity index (χ2v) is 10.2. The van der Waals surface area contributed by atoms with Gasteiger partial charge in [0.1, 0.15) is 5.75 Å². The minimum absolute atomic E-state index is 0.0432. The summed E-state index contributed by atoms with van der Waals surface area (Å²) in [6.45, 7) is 2.29. The van der Waals surface area contributed by atoms with E-state index in [2.05, 4.69) is 28.7 Å². The number of oxazole rings is 1. The van der Waals surface area contributed by atoms with Gasteiger partial charge in [-0.15, -0.1) is 0 Å². The van der Waals surface area contributed by atoms with Gasteiger partial charge in [-0.25, -0.2) is 4.79 Å². The van der Waals surface area contributed by atoms with Crippen molar-refractivity contribution in [3.63, 3.8) is 0 Å². The predicted molar refractivity (Wildman–Crippen MR) is 147 cm³/mol. The quantitative estimate of drug-likeness (QED) is 0.253. The lowest BCUT2D eigenvalue weighted by Crippen LogP contribution is -2.34. The van der Waals surface area contributed by atoms with Crippen LogP contribution in [0.25, 0.3) is 22.0 Å². The zero-order valence-corrected chi connectivity index (χ0v) is 21.7. The number of pyridine rings is 1. The van der Waals surface area contributed by atoms with Gasteiger partial charge in [-0.05, 0) is 87.5 Å². The highest BCUT2D eigenvalue weighted by Crippen LogP contribution is 2.28. The topological polar surface area (TPSA) is 124 Å². The van der Waals surface area contributed by atoms with Crippen LogP contribution in [-0.4, -0.2) is 50.8 Å². The van der Waals surface area contributed by atoms with Crippen LogP contribution < -0.4 is 16.6 Å². The Bertz CT molecular complexity index is 1520. The van der Waals surface area contributed by atoms with E-state index in [1.54, 1.807) is 16.7 Å². The van der Waals surface area contributed by atoms with Gasteiger partial charge in [0.15, 0.2) is 5.58 Å². The molecule has 1 fully saturated rings. The fourth-order valence-electron chi connectivity index (χ4n) is 5.46. The molecule has 4 aromatic rings. The molecule has 9 nitrogen and oxygen atoms in total. The number of rotatable bonds is 10. The molecule has 0 spiro atoms. The molecule has 1 saturated carbocycles. The van der Waals surface area contributed by atoms with Crippen molar-refractivity contribution in [1.29, 1.82) is 0 Å². The molecular weight excluding hydrogens is 484 g/mol. The van der Waals surface area contributed by atoms with Gasteiger partial charge in [-0.3, -0.25) is 9.36 Å². The molecule has 2 aromatic carbocycles. The van der Waals surface area contributed by atoms with Crippen molar-refractivity contribution in [1.82, 2.24) is 19.8 Å². The highest BCUT2D eigenvalue weighted by Gasteiger charge is 2.18. The van der Waals surface area contributed by atoms with Gasteiger partial charge in [0.2, 0.25) is 5.56 Å². The number of benzene rings is 2. The number of aromatic hydroxyl groups is 1. The first-order chi connectivity index (χ1) is 18.4. The number of aryl methyl sites for hydroxylation is 1. The second-order valence-electron chi connectivity index (χ2n) is 10.2. The summed E-state index contributed by atoms with van der Waals surface area (Å²) < 4.78 is 7.25. The maximum absolute atomic E-state index is 12.5. The van der Waals surface area contributed by atoms with E-state index in [0.29, 0.717) is 41.2 Å². The number of hydrogen-bond acceptors (Lipinski definition) is 7. The molecule has 0 saturated heterocycles. The van der Waals surface area contributed by atoms with Crippen LogP contribution in [0.15, 0.2) is 56.5 Å². The van der Waals surface area contributed by atoms with Gasteiger partial charge in [0.05, 0.1) is 17.1 Å². The van der Waals surface area contributed by atoms with Crippen LogP contribution in [0.3, 0.4) is 0 Å². The predicted octanol–water partition coefficient (Wildman–Crippen LogP) is 3.43. The number of aromatic nitrogens is 2. The number of fused-ring (bicyclic) bond motifs is 2. The summed E-state index contributed by atoms with van der Waals surface area (Å²) in [5.74, 6) is -0.383. The molecule has 38 heavy (non-hydrogen) atoms. The highest BCUT2D eigenvalue weighted by molar-refractivity contribution is 5.87. The Morgan fingerprint density at radius 2 is 1.97 bits per heavy atom. The van der Waals surface area contributed by atoms with Crippen LogP contribution in [0.4, 0.5) is 0 Å². The molecule has 9 heteroatoms. The average Bonchev–Trinajstić information content (AvgIpc) is 3.23. The summed E-state index contributed by atoms with van der Waals surface area (Å²) in [7, 11) is 2.17. The molecule has 1 atom stereocenters. The molecule has 0 aliphatic heterocycles. The van der Waals surface area contributed by atoms with Gasteiger partial charge >= 0.3 is 5.76 Å². The summed E-state index contributed by atoms with van der Waals surface area (Å²) in [5.41, 5.74) is 2.86. The molecule has 1 radical (unpaired) electrons. The molecule has 0 unspecified atom stereocenters. The van der Waals surface area contributed by atoms with Gasteiger partial charge in [-0.1, -0.05) is 12.1 Å². The summed E-state index contributed by atoms with van der Waals surface area (Å²) in [6, 6.07) is 12.4. The molecule has 5 rings (SSSR count). The third-order valence-electron chi connectivity index (χ3n) is 7.59. The summed E-state index contributed by atoms with van der Waals surface area (Å²) in [5, 5.41) is 24.7. The summed E-state index contributed by atoms with van der Waals surface area (Å²) >= 11 is 0. The van der Waals surface area contributed by atoms with Gasteiger partial charge in [0.25, 0.3) is 0 Å². The Morgan fingerprint density at radius 3 is 2.79 bits per heavy atom. The summed E-state index contributed by atoms with van der Waals surface area (Å²) in [4.78, 5) is 29.2. The lowest BCUT2D eigenvalue weighted by atomic mass is 9.94. The molecule has 201 valence electrons. The number of phenolic OH excluding ortho intramolecular Hbond substituents is 1. The standard InChI is InChI=1S/C29H35N4O5/c1-32(20-6-3-2-4-7-20)14-5-15-33-23-11-8-19(16-26(23)38-29(33)37)17-30-18-25(35)21-9-12-24(34)28-22(21)10-13-27(36)31-28/h2,8-13,16,20,25,30,34-35H,3-7,14-15,17-18H2,1H3,(H,31,36)/t25-/m0/s1. The van der Waals surface area contributed by atoms with Crippen molar-refractivity contribution < 1.29 is 14.6 Å². The van der Waals surface area contributed by atoms with Gasteiger partial charge in [0, 0.05) is 37.1 Å². The fourth-order valence-corrected chi connectivity index (χ4v) is 5.46. The molecule has 1 aliphatic rings. The van der Waals surface area contributed by atoms with Crippen LogP contribution in [0, 0.1) is 6.42 Å². The largest absolute Gasteiger partial charge is 0.506 e. The molecule has 0 amide bonds. The lowest BCUT2D eigenvalue weighted by Gasteiger charge is -2.31. The van der Waals surface area contributed by atoms with E-state index in [4.69, 9.17) is 4.42 Å². The number of aliphatic hydroxyl groups is 1. The van der Waals surface area contributed by atoms with Gasteiger partial charge < -0.3 is 29.8 Å². The Morgan fingerprint density at radius 1 is 1.16 bits per heavy atom. The van der Waals surface area contributed by atoms with Crippen LogP contribution in [-0.2, 0) is 13.1 Å². The van der Waals surface area contributed by atoms with E-state index in [-0.39, 0.29) is 23.6 Å². The van der Waals surface area contributed by atoms with Crippen LogP contribution >= 0.6 is 0 Å². The Hall–Kier alpha value is -3.40. The van der Waals surface area contributed by atoms with Crippen LogP contribution in [0.1, 0.15) is 49.3 Å². The second kappa shape index (κ2) is 11.6. The lowest BCUT2D eigenvalue weighted by molar-refractivity contribution is 0.176. The first kappa shape index (κ1) is 26.2. The minimum Gasteiger partial charge on any atom is -0.506 e. The van der Waals surface area contributed by atoms with Crippen molar-refractivity contribution in [2.24, 2.45) is 0 Å². The first-order valence-corrected chi connectivity index (χ1v) is 13.3. The zero-order chi connectivity index (χ0) is 26.6. The highest BCUT2D eigenvalue weighted by atomic mass is 16.4. The maximum atomic E-state index is 12.5. The first-order valence-electron chi connectivity index (χ1n) is 13.3. The SMILES string of the molecule is CN(CCCn1c(=O)oc2cc(CNC[C@H](O)c3ccc(O)c4[nH]c(=O)ccc34)ccc21)C1CC[CH]CC1. The number of nitrogens with one attached hydrogen (secondary N) is 2. The van der Waals surface area contributed by atoms with Crippen LogP contribution in [0.5, 0.6) is 5.75 Å². The van der Waals surface area contributed by atoms with Crippen molar-refractivity contribution >= 4 is 22.0 Å². The number of hydrogen-bond donors (Lipinski definition) is 4. The van der Waals surface area contributed by atoms with E-state index in [9.17, 15) is 19.8 Å². The number of phenols is 1. The van der Waals surface area contributed by atoms with Crippen molar-refractivity contribution in [2.75, 3.05) is 20.1 Å².